The third-order valence-corrected chi connectivity index (χ3v) is 4.53. The molecule has 0 N–H and O–H groups in total. The highest BCUT2D eigenvalue weighted by Gasteiger charge is 2.10. The Bertz CT molecular complexity index is 241. The summed E-state index contributed by atoms with van der Waals surface area (Å²) in [6.45, 7) is 6.69. The van der Waals surface area contributed by atoms with Crippen molar-refractivity contribution in [2.75, 3.05) is 0 Å². The van der Waals surface area contributed by atoms with Gasteiger partial charge in [-0.2, -0.15) is 0 Å². The van der Waals surface area contributed by atoms with Crippen molar-refractivity contribution in [2.45, 2.75) is 31.3 Å². The topological polar surface area (TPSA) is 12.9 Å². The van der Waals surface area contributed by atoms with E-state index in [4.69, 9.17) is 0 Å². The van der Waals surface area contributed by atoms with Crippen LogP contribution in [0.5, 0.6) is 0 Å². The molecular formula is C10H15NS2. The van der Waals surface area contributed by atoms with Crippen LogP contribution in [0.1, 0.15) is 26.3 Å². The highest BCUT2D eigenvalue weighted by molar-refractivity contribution is 8.76. The minimum Gasteiger partial charge on any atom is -0.264 e. The van der Waals surface area contributed by atoms with Crippen LogP contribution in [-0.4, -0.2) is 9.73 Å². The fraction of sp³-hybridized carbons (Fsp3) is 0.500. The van der Waals surface area contributed by atoms with Gasteiger partial charge in [0.1, 0.15) is 0 Å². The Labute approximate surface area is 88.1 Å². The van der Waals surface area contributed by atoms with E-state index in [0.29, 0.717) is 4.75 Å². The molecule has 1 nitrogen and oxygen atoms in total. The summed E-state index contributed by atoms with van der Waals surface area (Å²) in [5, 5.41) is 0. The molecule has 13 heavy (non-hydrogen) atoms. The van der Waals surface area contributed by atoms with E-state index in [9.17, 15) is 0 Å². The zero-order valence-corrected chi connectivity index (χ0v) is 9.91. The Morgan fingerprint density at radius 2 is 2.15 bits per heavy atom. The number of hydrogen-bond donors (Lipinski definition) is 0. The quantitative estimate of drug-likeness (QED) is 0.710. The minimum absolute atomic E-state index is 0.340. The van der Waals surface area contributed by atoms with Crippen molar-refractivity contribution in [3.8, 4) is 0 Å². The van der Waals surface area contributed by atoms with Gasteiger partial charge < -0.3 is 0 Å². The van der Waals surface area contributed by atoms with E-state index in [1.807, 2.05) is 40.0 Å². The molecule has 1 aromatic heterocycles. The lowest BCUT2D eigenvalue weighted by atomic mass is 10.3. The first-order valence-electron chi connectivity index (χ1n) is 4.27. The SMILES string of the molecule is CC(C)(C)SSCc1cccnc1. The van der Waals surface area contributed by atoms with Crippen LogP contribution >= 0.6 is 21.6 Å². The zero-order valence-electron chi connectivity index (χ0n) is 8.28. The average molecular weight is 213 g/mol. The molecule has 1 rings (SSSR count). The van der Waals surface area contributed by atoms with Gasteiger partial charge in [0.15, 0.2) is 0 Å². The van der Waals surface area contributed by atoms with Crippen LogP contribution in [0.2, 0.25) is 0 Å². The third-order valence-electron chi connectivity index (χ3n) is 1.26. The molecule has 0 unspecified atom stereocenters. The van der Waals surface area contributed by atoms with Crippen LogP contribution in [-0.2, 0) is 5.75 Å². The molecule has 0 saturated carbocycles. The molecule has 0 amide bonds. The predicted molar refractivity (Wildman–Crippen MR) is 62.9 cm³/mol. The lowest BCUT2D eigenvalue weighted by molar-refractivity contribution is 0.810. The Morgan fingerprint density at radius 1 is 1.38 bits per heavy atom. The maximum Gasteiger partial charge on any atom is 0.0308 e. The number of nitrogens with zero attached hydrogens (tertiary/aromatic N) is 1. The minimum atomic E-state index is 0.340. The first-order chi connectivity index (χ1) is 6.08. The van der Waals surface area contributed by atoms with Gasteiger partial charge in [0.25, 0.3) is 0 Å². The number of hydrogen-bond acceptors (Lipinski definition) is 3. The molecule has 0 saturated heterocycles. The summed E-state index contributed by atoms with van der Waals surface area (Å²) < 4.78 is 0.340. The van der Waals surface area contributed by atoms with Gasteiger partial charge in [0.2, 0.25) is 0 Å². The molecule has 0 atom stereocenters. The van der Waals surface area contributed by atoms with E-state index in [0.717, 1.165) is 5.75 Å². The van der Waals surface area contributed by atoms with E-state index in [1.165, 1.54) is 5.56 Å². The van der Waals surface area contributed by atoms with Crippen molar-refractivity contribution in [3.63, 3.8) is 0 Å². The van der Waals surface area contributed by atoms with E-state index >= 15 is 0 Å². The van der Waals surface area contributed by atoms with E-state index in [1.54, 1.807) is 0 Å². The van der Waals surface area contributed by atoms with Gasteiger partial charge in [-0.1, -0.05) is 48.4 Å². The predicted octanol–water partition coefficient (Wildman–Crippen LogP) is 3.76. The molecule has 0 fully saturated rings. The first-order valence-corrected chi connectivity index (χ1v) is 6.59. The molecule has 0 aromatic carbocycles. The first kappa shape index (κ1) is 10.9. The van der Waals surface area contributed by atoms with Crippen LogP contribution in [0.3, 0.4) is 0 Å². The van der Waals surface area contributed by atoms with Crippen molar-refractivity contribution in [1.82, 2.24) is 4.98 Å². The number of rotatable bonds is 3. The van der Waals surface area contributed by atoms with Gasteiger partial charge >= 0.3 is 0 Å². The van der Waals surface area contributed by atoms with Gasteiger partial charge in [0.05, 0.1) is 0 Å². The van der Waals surface area contributed by atoms with Crippen molar-refractivity contribution in [3.05, 3.63) is 30.1 Å². The molecule has 0 aliphatic carbocycles. The Kier molecular flexibility index (Phi) is 4.13. The van der Waals surface area contributed by atoms with Crippen LogP contribution < -0.4 is 0 Å². The molecule has 72 valence electrons. The molecule has 0 bridgehead atoms. The van der Waals surface area contributed by atoms with E-state index < -0.39 is 0 Å². The summed E-state index contributed by atoms with van der Waals surface area (Å²) in [6, 6.07) is 4.10. The standard InChI is InChI=1S/C10H15NS2/c1-10(2,3)13-12-8-9-5-4-6-11-7-9/h4-7H,8H2,1-3H3. The highest BCUT2D eigenvalue weighted by atomic mass is 33.1. The van der Waals surface area contributed by atoms with Crippen LogP contribution in [0.25, 0.3) is 0 Å². The zero-order chi connectivity index (χ0) is 9.73. The Hall–Kier alpha value is -0.150. The lowest BCUT2D eigenvalue weighted by Crippen LogP contribution is -2.04. The van der Waals surface area contributed by atoms with Gasteiger partial charge in [-0.15, -0.1) is 0 Å². The van der Waals surface area contributed by atoms with Crippen molar-refractivity contribution >= 4 is 21.6 Å². The molecule has 0 aliphatic rings. The van der Waals surface area contributed by atoms with Crippen molar-refractivity contribution in [2.24, 2.45) is 0 Å². The summed E-state index contributed by atoms with van der Waals surface area (Å²) >= 11 is 0. The normalized spacial score (nSPS) is 11.6. The molecule has 0 aliphatic heterocycles. The third kappa shape index (κ3) is 5.21. The summed E-state index contributed by atoms with van der Waals surface area (Å²) in [6.07, 6.45) is 3.74. The molecule has 1 heterocycles. The fourth-order valence-electron chi connectivity index (χ4n) is 0.758. The summed E-state index contributed by atoms with van der Waals surface area (Å²) in [7, 11) is 3.81. The maximum absolute atomic E-state index is 4.08. The van der Waals surface area contributed by atoms with Gasteiger partial charge in [-0.05, 0) is 11.6 Å². The number of pyridine rings is 1. The molecule has 0 spiro atoms. The Morgan fingerprint density at radius 3 is 2.69 bits per heavy atom. The second kappa shape index (κ2) is 4.91. The van der Waals surface area contributed by atoms with Gasteiger partial charge in [-0.25, -0.2) is 0 Å². The largest absolute Gasteiger partial charge is 0.264 e. The second-order valence-corrected chi connectivity index (χ2v) is 6.94. The van der Waals surface area contributed by atoms with Crippen molar-refractivity contribution < 1.29 is 0 Å². The fourth-order valence-corrected chi connectivity index (χ4v) is 3.12. The van der Waals surface area contributed by atoms with Crippen LogP contribution in [0.4, 0.5) is 0 Å². The number of aromatic nitrogens is 1. The molecule has 0 radical (unpaired) electrons. The van der Waals surface area contributed by atoms with Crippen LogP contribution in [0.15, 0.2) is 24.5 Å². The van der Waals surface area contributed by atoms with Gasteiger partial charge in [-0.3, -0.25) is 4.98 Å². The summed E-state index contributed by atoms with van der Waals surface area (Å²) in [5.74, 6) is 1.04. The monoisotopic (exact) mass is 213 g/mol. The highest BCUT2D eigenvalue weighted by Crippen LogP contribution is 2.36. The lowest BCUT2D eigenvalue weighted by Gasteiger charge is -2.15. The second-order valence-electron chi connectivity index (χ2n) is 3.82. The smallest absolute Gasteiger partial charge is 0.0308 e. The Balaban J connectivity index is 2.29. The molecule has 1 aromatic rings. The maximum atomic E-state index is 4.08. The summed E-state index contributed by atoms with van der Waals surface area (Å²) in [5.41, 5.74) is 1.30. The van der Waals surface area contributed by atoms with Crippen molar-refractivity contribution in [1.29, 1.82) is 0 Å². The van der Waals surface area contributed by atoms with Gasteiger partial charge in [0, 0.05) is 22.9 Å². The molecular weight excluding hydrogens is 198 g/mol. The van der Waals surface area contributed by atoms with E-state index in [-0.39, 0.29) is 0 Å². The van der Waals surface area contributed by atoms with E-state index in [2.05, 4.69) is 31.8 Å². The molecule has 3 heteroatoms. The summed E-state index contributed by atoms with van der Waals surface area (Å²) in [4.78, 5) is 4.08. The van der Waals surface area contributed by atoms with Crippen LogP contribution in [0, 0.1) is 0 Å². The average Bonchev–Trinajstić information content (AvgIpc) is 2.04.